The van der Waals surface area contributed by atoms with Crippen LogP contribution in [0.1, 0.15) is 18.2 Å². The van der Waals surface area contributed by atoms with Gasteiger partial charge in [0.25, 0.3) is 11.4 Å². The summed E-state index contributed by atoms with van der Waals surface area (Å²) < 4.78 is 43.5. The first-order valence-corrected chi connectivity index (χ1v) is 6.98. The lowest BCUT2D eigenvalue weighted by atomic mass is 10.0. The Morgan fingerprint density at radius 3 is 2.12 bits per heavy atom. The third kappa shape index (κ3) is 3.91. The molecule has 26 heavy (non-hydrogen) atoms. The zero-order valence-electron chi connectivity index (χ0n) is 13.1. The summed E-state index contributed by atoms with van der Waals surface area (Å²) in [5.41, 5.74) is -6.28. The van der Waals surface area contributed by atoms with E-state index < -0.39 is 50.8 Å². The molecule has 0 aliphatic heterocycles. The number of halogens is 3. The Hall–Kier alpha value is -3.15. The summed E-state index contributed by atoms with van der Waals surface area (Å²) in [4.78, 5) is 19.9. The van der Waals surface area contributed by atoms with Gasteiger partial charge in [-0.25, -0.2) is 0 Å². The molecule has 0 saturated carbocycles. The molecule has 1 unspecified atom stereocenters. The molecule has 0 saturated heterocycles. The van der Waals surface area contributed by atoms with Crippen LogP contribution in [0.4, 0.5) is 30.2 Å². The first-order chi connectivity index (χ1) is 11.9. The standard InChI is InChI=1S/C14H12F3N3O6/c1-13(21,11-3-2-4-26-11)7-18-12-9(19(22)23)5-8(14(15,16)17)6-10(12)20(24)25/h2-6,18,21H,7H2,1H3. The second-order valence-electron chi connectivity index (χ2n) is 5.51. The van der Waals surface area contributed by atoms with Crippen molar-refractivity contribution in [3.63, 3.8) is 0 Å². The maximum absolute atomic E-state index is 12.8. The fraction of sp³-hybridized carbons (Fsp3) is 0.286. The SMILES string of the molecule is CC(O)(CNc1c([N+](=O)[O-])cc(C(F)(F)F)cc1[N+](=O)[O-])c1ccco1. The van der Waals surface area contributed by atoms with Crippen LogP contribution < -0.4 is 5.32 Å². The van der Waals surface area contributed by atoms with E-state index in [0.29, 0.717) is 0 Å². The van der Waals surface area contributed by atoms with Gasteiger partial charge in [0, 0.05) is 12.1 Å². The average Bonchev–Trinajstić information content (AvgIpc) is 3.06. The van der Waals surface area contributed by atoms with Gasteiger partial charge in [0.15, 0.2) is 5.69 Å². The molecule has 0 radical (unpaired) electrons. The molecule has 1 aromatic carbocycles. The first kappa shape index (κ1) is 19.2. The third-order valence-corrected chi connectivity index (χ3v) is 3.48. The number of nitro benzene ring substituents is 2. The molecule has 0 amide bonds. The lowest BCUT2D eigenvalue weighted by molar-refractivity contribution is -0.392. The smallest absolute Gasteiger partial charge is 0.416 e. The summed E-state index contributed by atoms with van der Waals surface area (Å²) in [6.07, 6.45) is -3.75. The van der Waals surface area contributed by atoms with Gasteiger partial charge in [-0.15, -0.1) is 0 Å². The second-order valence-corrected chi connectivity index (χ2v) is 5.51. The van der Waals surface area contributed by atoms with E-state index in [9.17, 15) is 38.5 Å². The monoisotopic (exact) mass is 375 g/mol. The van der Waals surface area contributed by atoms with Crippen molar-refractivity contribution in [1.82, 2.24) is 0 Å². The number of aliphatic hydroxyl groups is 1. The van der Waals surface area contributed by atoms with E-state index in [-0.39, 0.29) is 17.9 Å². The highest BCUT2D eigenvalue weighted by atomic mass is 19.4. The van der Waals surface area contributed by atoms with Crippen molar-refractivity contribution in [2.45, 2.75) is 18.7 Å². The van der Waals surface area contributed by atoms with Crippen molar-refractivity contribution in [2.75, 3.05) is 11.9 Å². The number of nitrogens with one attached hydrogen (secondary N) is 1. The number of alkyl halides is 3. The van der Waals surface area contributed by atoms with E-state index in [2.05, 4.69) is 5.32 Å². The third-order valence-electron chi connectivity index (χ3n) is 3.48. The van der Waals surface area contributed by atoms with Crippen molar-refractivity contribution in [1.29, 1.82) is 0 Å². The van der Waals surface area contributed by atoms with Gasteiger partial charge in [-0.05, 0) is 19.1 Å². The summed E-state index contributed by atoms with van der Waals surface area (Å²) >= 11 is 0. The molecule has 0 aliphatic rings. The lowest BCUT2D eigenvalue weighted by Crippen LogP contribution is -2.30. The topological polar surface area (TPSA) is 132 Å². The minimum atomic E-state index is -5.01. The van der Waals surface area contributed by atoms with E-state index >= 15 is 0 Å². The molecular formula is C14H12F3N3O6. The summed E-state index contributed by atoms with van der Waals surface area (Å²) in [7, 11) is 0. The van der Waals surface area contributed by atoms with E-state index in [1.165, 1.54) is 25.3 Å². The van der Waals surface area contributed by atoms with Crippen LogP contribution >= 0.6 is 0 Å². The van der Waals surface area contributed by atoms with E-state index in [1.807, 2.05) is 0 Å². The Kier molecular flexibility index (Phi) is 4.89. The van der Waals surface area contributed by atoms with E-state index in [0.717, 1.165) is 0 Å². The van der Waals surface area contributed by atoms with Gasteiger partial charge in [-0.2, -0.15) is 13.2 Å². The summed E-state index contributed by atoms with van der Waals surface area (Å²) in [5, 5.41) is 34.8. The molecule has 0 bridgehead atoms. The summed E-state index contributed by atoms with van der Waals surface area (Å²) in [6, 6.07) is 3.25. The maximum atomic E-state index is 12.8. The van der Waals surface area contributed by atoms with Gasteiger partial charge in [0.05, 0.1) is 28.2 Å². The fourth-order valence-electron chi connectivity index (χ4n) is 2.18. The predicted octanol–water partition coefficient (Wildman–Crippen LogP) is 3.43. The number of nitro groups is 2. The predicted molar refractivity (Wildman–Crippen MR) is 81.5 cm³/mol. The van der Waals surface area contributed by atoms with Gasteiger partial charge in [-0.3, -0.25) is 20.2 Å². The number of rotatable bonds is 6. The number of benzene rings is 1. The maximum Gasteiger partial charge on any atom is 0.416 e. The zero-order valence-corrected chi connectivity index (χ0v) is 13.1. The Morgan fingerprint density at radius 2 is 1.73 bits per heavy atom. The van der Waals surface area contributed by atoms with Gasteiger partial charge in [0.2, 0.25) is 0 Å². The molecule has 9 nitrogen and oxygen atoms in total. The molecule has 2 N–H and O–H groups in total. The fourth-order valence-corrected chi connectivity index (χ4v) is 2.18. The Morgan fingerprint density at radius 1 is 1.19 bits per heavy atom. The highest BCUT2D eigenvalue weighted by molar-refractivity contribution is 5.75. The zero-order chi connectivity index (χ0) is 19.7. The average molecular weight is 375 g/mol. The minimum Gasteiger partial charge on any atom is -0.466 e. The first-order valence-electron chi connectivity index (χ1n) is 6.98. The van der Waals surface area contributed by atoms with Crippen LogP contribution in [0, 0.1) is 20.2 Å². The lowest BCUT2D eigenvalue weighted by Gasteiger charge is -2.22. The molecular weight excluding hydrogens is 363 g/mol. The molecule has 1 heterocycles. The molecule has 0 fully saturated rings. The molecule has 1 aromatic heterocycles. The number of nitrogens with zero attached hydrogens (tertiary/aromatic N) is 2. The number of anilines is 1. The molecule has 0 aliphatic carbocycles. The van der Waals surface area contributed by atoms with Crippen LogP contribution in [0.15, 0.2) is 34.9 Å². The van der Waals surface area contributed by atoms with Crippen LogP contribution in [-0.4, -0.2) is 21.5 Å². The molecule has 1 atom stereocenters. The molecule has 12 heteroatoms. The van der Waals surface area contributed by atoms with Gasteiger partial charge < -0.3 is 14.8 Å². The van der Waals surface area contributed by atoms with Gasteiger partial charge >= 0.3 is 6.18 Å². The van der Waals surface area contributed by atoms with Gasteiger partial charge in [-0.1, -0.05) is 0 Å². The molecule has 0 spiro atoms. The van der Waals surface area contributed by atoms with Crippen LogP contribution in [0.3, 0.4) is 0 Å². The Balaban J connectivity index is 2.49. The molecule has 140 valence electrons. The molecule has 2 rings (SSSR count). The van der Waals surface area contributed by atoms with Crippen LogP contribution in [0.2, 0.25) is 0 Å². The highest BCUT2D eigenvalue weighted by Gasteiger charge is 2.38. The summed E-state index contributed by atoms with van der Waals surface area (Å²) in [6.45, 7) is 0.772. The van der Waals surface area contributed by atoms with Crippen molar-refractivity contribution >= 4 is 17.1 Å². The van der Waals surface area contributed by atoms with Crippen molar-refractivity contribution in [3.8, 4) is 0 Å². The second kappa shape index (κ2) is 6.63. The Bertz CT molecular complexity index is 798. The van der Waals surface area contributed by atoms with E-state index in [1.54, 1.807) is 0 Å². The van der Waals surface area contributed by atoms with Crippen molar-refractivity contribution in [3.05, 3.63) is 62.1 Å². The minimum absolute atomic E-state index is 0.0576. The molecule has 2 aromatic rings. The van der Waals surface area contributed by atoms with Crippen molar-refractivity contribution < 1.29 is 32.5 Å². The highest BCUT2D eigenvalue weighted by Crippen LogP contribution is 2.41. The number of hydrogen-bond donors (Lipinski definition) is 2. The summed E-state index contributed by atoms with van der Waals surface area (Å²) in [5.74, 6) is 0.0576. The number of hydrogen-bond acceptors (Lipinski definition) is 7. The normalized spacial score (nSPS) is 13.9. The van der Waals surface area contributed by atoms with Crippen molar-refractivity contribution in [2.24, 2.45) is 0 Å². The van der Waals surface area contributed by atoms with Crippen LogP contribution in [-0.2, 0) is 11.8 Å². The van der Waals surface area contributed by atoms with Gasteiger partial charge in [0.1, 0.15) is 11.4 Å². The number of furan rings is 1. The largest absolute Gasteiger partial charge is 0.466 e. The van der Waals surface area contributed by atoms with E-state index in [4.69, 9.17) is 4.42 Å². The Labute approximate surface area is 143 Å². The van der Waals surface area contributed by atoms with Crippen LogP contribution in [0.5, 0.6) is 0 Å². The quantitative estimate of drug-likeness (QED) is 0.584. The van der Waals surface area contributed by atoms with Crippen LogP contribution in [0.25, 0.3) is 0 Å².